The van der Waals surface area contributed by atoms with Gasteiger partial charge in [-0.25, -0.2) is 0 Å². The lowest BCUT2D eigenvalue weighted by molar-refractivity contribution is 0.0204. The summed E-state index contributed by atoms with van der Waals surface area (Å²) in [6.45, 7) is 6.04. The van der Waals surface area contributed by atoms with Gasteiger partial charge >= 0.3 is 0 Å². The lowest BCUT2D eigenvalue weighted by Gasteiger charge is -2.32. The molecule has 0 saturated carbocycles. The van der Waals surface area contributed by atoms with Crippen molar-refractivity contribution in [2.75, 3.05) is 32.0 Å². The Morgan fingerprint density at radius 3 is 2.69 bits per heavy atom. The Morgan fingerprint density at radius 1 is 1.31 bits per heavy atom. The van der Waals surface area contributed by atoms with Crippen molar-refractivity contribution in [3.05, 3.63) is 29.8 Å². The zero-order chi connectivity index (χ0) is 11.4. The molecule has 1 aliphatic rings. The van der Waals surface area contributed by atoms with Crippen molar-refractivity contribution in [1.29, 1.82) is 0 Å². The molecule has 0 amide bonds. The van der Waals surface area contributed by atoms with E-state index in [0.29, 0.717) is 6.04 Å². The van der Waals surface area contributed by atoms with Crippen LogP contribution in [0.25, 0.3) is 0 Å². The molecular formula is C13H20N2O. The maximum Gasteiger partial charge on any atom is 0.0594 e. The average Bonchev–Trinajstić information content (AvgIpc) is 2.33. The first kappa shape index (κ1) is 11.4. The van der Waals surface area contributed by atoms with Crippen LogP contribution in [0.4, 0.5) is 5.69 Å². The highest BCUT2D eigenvalue weighted by atomic mass is 16.5. The van der Waals surface area contributed by atoms with Crippen LogP contribution in [0, 0.1) is 0 Å². The number of hydrogen-bond donors (Lipinski definition) is 1. The van der Waals surface area contributed by atoms with Crippen molar-refractivity contribution in [3.8, 4) is 0 Å². The number of morpholine rings is 1. The summed E-state index contributed by atoms with van der Waals surface area (Å²) in [4.78, 5) is 2.47. The minimum Gasteiger partial charge on any atom is -0.399 e. The second-order valence-corrected chi connectivity index (χ2v) is 4.40. The van der Waals surface area contributed by atoms with Gasteiger partial charge in [-0.1, -0.05) is 18.2 Å². The predicted molar refractivity (Wildman–Crippen MR) is 66.4 cm³/mol. The van der Waals surface area contributed by atoms with Gasteiger partial charge in [-0.05, 0) is 25.0 Å². The summed E-state index contributed by atoms with van der Waals surface area (Å²) in [5, 5.41) is 0. The van der Waals surface area contributed by atoms with Gasteiger partial charge in [0.15, 0.2) is 0 Å². The number of rotatable bonds is 3. The molecule has 1 fully saturated rings. The molecule has 1 atom stereocenters. The Bertz CT molecular complexity index is 334. The van der Waals surface area contributed by atoms with Crippen LogP contribution in [-0.4, -0.2) is 37.2 Å². The van der Waals surface area contributed by atoms with Gasteiger partial charge in [-0.3, -0.25) is 4.90 Å². The number of para-hydroxylation sites is 1. The molecule has 16 heavy (non-hydrogen) atoms. The minimum absolute atomic E-state index is 0.536. The van der Waals surface area contributed by atoms with E-state index in [1.54, 1.807) is 0 Å². The van der Waals surface area contributed by atoms with E-state index in [4.69, 9.17) is 10.5 Å². The standard InChI is InChI=1S/C13H20N2O/c1-11(15-6-8-16-9-7-15)10-12-4-2-3-5-13(12)14/h2-5,11H,6-10,14H2,1H3. The third-order valence-electron chi connectivity index (χ3n) is 3.24. The van der Waals surface area contributed by atoms with Gasteiger partial charge in [0.1, 0.15) is 0 Å². The lowest BCUT2D eigenvalue weighted by atomic mass is 10.0. The molecular weight excluding hydrogens is 200 g/mol. The number of nitrogens with zero attached hydrogens (tertiary/aromatic N) is 1. The van der Waals surface area contributed by atoms with Crippen LogP contribution >= 0.6 is 0 Å². The van der Waals surface area contributed by atoms with Gasteiger partial charge in [0.25, 0.3) is 0 Å². The van der Waals surface area contributed by atoms with Crippen molar-refractivity contribution in [1.82, 2.24) is 4.90 Å². The van der Waals surface area contributed by atoms with Crippen LogP contribution in [0.5, 0.6) is 0 Å². The van der Waals surface area contributed by atoms with Crippen LogP contribution in [0.3, 0.4) is 0 Å². The monoisotopic (exact) mass is 220 g/mol. The maximum atomic E-state index is 5.96. The molecule has 1 aliphatic heterocycles. The molecule has 1 heterocycles. The Labute approximate surface area is 97.2 Å². The van der Waals surface area contributed by atoms with Gasteiger partial charge in [0.05, 0.1) is 13.2 Å². The van der Waals surface area contributed by atoms with Crippen LogP contribution in [-0.2, 0) is 11.2 Å². The SMILES string of the molecule is CC(Cc1ccccc1N)N1CCOCC1. The first-order valence-corrected chi connectivity index (χ1v) is 5.92. The number of hydrogen-bond acceptors (Lipinski definition) is 3. The molecule has 0 bridgehead atoms. The van der Waals surface area contributed by atoms with E-state index in [2.05, 4.69) is 24.0 Å². The second-order valence-electron chi connectivity index (χ2n) is 4.40. The van der Waals surface area contributed by atoms with Crippen molar-refractivity contribution in [2.24, 2.45) is 0 Å². The predicted octanol–water partition coefficient (Wildman–Crippen LogP) is 1.53. The lowest BCUT2D eigenvalue weighted by Crippen LogP contribution is -2.43. The van der Waals surface area contributed by atoms with Gasteiger partial charge in [0.2, 0.25) is 0 Å². The third kappa shape index (κ3) is 2.74. The highest BCUT2D eigenvalue weighted by molar-refractivity contribution is 5.46. The average molecular weight is 220 g/mol. The fraction of sp³-hybridized carbons (Fsp3) is 0.538. The fourth-order valence-electron chi connectivity index (χ4n) is 2.19. The Hall–Kier alpha value is -1.06. The van der Waals surface area contributed by atoms with Crippen LogP contribution in [0.15, 0.2) is 24.3 Å². The fourth-order valence-corrected chi connectivity index (χ4v) is 2.19. The molecule has 1 saturated heterocycles. The second kappa shape index (κ2) is 5.32. The molecule has 1 aromatic carbocycles. The first-order chi connectivity index (χ1) is 7.77. The van der Waals surface area contributed by atoms with Gasteiger partial charge in [0, 0.05) is 24.8 Å². The summed E-state index contributed by atoms with van der Waals surface area (Å²) in [6, 6.07) is 8.66. The molecule has 88 valence electrons. The van der Waals surface area contributed by atoms with E-state index in [0.717, 1.165) is 38.4 Å². The Balaban J connectivity index is 1.96. The van der Waals surface area contributed by atoms with E-state index >= 15 is 0 Å². The van der Waals surface area contributed by atoms with Gasteiger partial charge in [-0.15, -0.1) is 0 Å². The number of ether oxygens (including phenoxy) is 1. The Kier molecular flexibility index (Phi) is 3.80. The molecule has 3 heteroatoms. The van der Waals surface area contributed by atoms with E-state index < -0.39 is 0 Å². The molecule has 2 N–H and O–H groups in total. The molecule has 3 nitrogen and oxygen atoms in total. The summed E-state index contributed by atoms with van der Waals surface area (Å²) in [5.41, 5.74) is 8.11. The van der Waals surface area contributed by atoms with Crippen LogP contribution in [0.1, 0.15) is 12.5 Å². The summed E-state index contributed by atoms with van der Waals surface area (Å²) in [5.74, 6) is 0. The number of nitrogen functional groups attached to an aromatic ring is 1. The number of anilines is 1. The van der Waals surface area contributed by atoms with Crippen molar-refractivity contribution in [3.63, 3.8) is 0 Å². The van der Waals surface area contributed by atoms with Crippen molar-refractivity contribution in [2.45, 2.75) is 19.4 Å². The van der Waals surface area contributed by atoms with E-state index in [1.807, 2.05) is 12.1 Å². The van der Waals surface area contributed by atoms with E-state index in [1.165, 1.54) is 5.56 Å². The number of nitrogens with two attached hydrogens (primary N) is 1. The van der Waals surface area contributed by atoms with Gasteiger partial charge in [-0.2, -0.15) is 0 Å². The quantitative estimate of drug-likeness (QED) is 0.785. The molecule has 2 rings (SSSR count). The zero-order valence-electron chi connectivity index (χ0n) is 9.86. The van der Waals surface area contributed by atoms with Crippen LogP contribution < -0.4 is 5.73 Å². The molecule has 0 aromatic heterocycles. The topological polar surface area (TPSA) is 38.5 Å². The summed E-state index contributed by atoms with van der Waals surface area (Å²) >= 11 is 0. The van der Waals surface area contributed by atoms with Crippen molar-refractivity contribution < 1.29 is 4.74 Å². The number of benzene rings is 1. The van der Waals surface area contributed by atoms with E-state index in [-0.39, 0.29) is 0 Å². The first-order valence-electron chi connectivity index (χ1n) is 5.92. The van der Waals surface area contributed by atoms with E-state index in [9.17, 15) is 0 Å². The molecule has 0 aliphatic carbocycles. The normalized spacial score (nSPS) is 19.6. The third-order valence-corrected chi connectivity index (χ3v) is 3.24. The summed E-state index contributed by atoms with van der Waals surface area (Å²) in [6.07, 6.45) is 1.02. The minimum atomic E-state index is 0.536. The summed E-state index contributed by atoms with van der Waals surface area (Å²) < 4.78 is 5.36. The van der Waals surface area contributed by atoms with Gasteiger partial charge < -0.3 is 10.5 Å². The molecule has 1 aromatic rings. The summed E-state index contributed by atoms with van der Waals surface area (Å²) in [7, 11) is 0. The zero-order valence-corrected chi connectivity index (χ0v) is 9.86. The molecule has 1 unspecified atom stereocenters. The largest absolute Gasteiger partial charge is 0.399 e. The highest BCUT2D eigenvalue weighted by Gasteiger charge is 2.17. The maximum absolute atomic E-state index is 5.96. The Morgan fingerprint density at radius 2 is 2.00 bits per heavy atom. The molecule has 0 radical (unpaired) electrons. The van der Waals surface area contributed by atoms with Crippen molar-refractivity contribution >= 4 is 5.69 Å². The highest BCUT2D eigenvalue weighted by Crippen LogP contribution is 2.16. The molecule has 0 spiro atoms. The van der Waals surface area contributed by atoms with Crippen LogP contribution in [0.2, 0.25) is 0 Å². The smallest absolute Gasteiger partial charge is 0.0594 e.